The maximum Gasteiger partial charge on any atom is 0.119 e. The molecule has 3 rings (SSSR count). The van der Waals surface area contributed by atoms with Crippen molar-refractivity contribution >= 4 is 10.9 Å². The molecule has 0 bridgehead atoms. The van der Waals surface area contributed by atoms with Crippen LogP contribution in [0.3, 0.4) is 0 Å². The Bertz CT molecular complexity index is 704. The SMILES string of the molecule is COc1ccc2c(ccn2CCCCc2ccccn2)c1. The summed E-state index contributed by atoms with van der Waals surface area (Å²) in [5.41, 5.74) is 2.45. The van der Waals surface area contributed by atoms with Crippen LogP contribution >= 0.6 is 0 Å². The Labute approximate surface area is 125 Å². The van der Waals surface area contributed by atoms with Gasteiger partial charge < -0.3 is 9.30 Å². The molecule has 0 amide bonds. The second kappa shape index (κ2) is 6.44. The van der Waals surface area contributed by atoms with Crippen LogP contribution in [0.2, 0.25) is 0 Å². The third-order valence-corrected chi connectivity index (χ3v) is 3.79. The van der Waals surface area contributed by atoms with E-state index in [1.165, 1.54) is 16.6 Å². The van der Waals surface area contributed by atoms with Gasteiger partial charge in [0.15, 0.2) is 0 Å². The second-order valence-electron chi connectivity index (χ2n) is 5.21. The van der Waals surface area contributed by atoms with Gasteiger partial charge in [0.2, 0.25) is 0 Å². The van der Waals surface area contributed by atoms with Crippen molar-refractivity contribution < 1.29 is 4.74 Å². The van der Waals surface area contributed by atoms with Crippen LogP contribution < -0.4 is 4.74 Å². The topological polar surface area (TPSA) is 27.1 Å². The Balaban J connectivity index is 1.58. The highest BCUT2D eigenvalue weighted by molar-refractivity contribution is 5.81. The molecule has 2 heterocycles. The quantitative estimate of drug-likeness (QED) is 0.636. The molecule has 0 saturated carbocycles. The molecule has 0 aliphatic carbocycles. The van der Waals surface area contributed by atoms with Gasteiger partial charge in [0.25, 0.3) is 0 Å². The number of benzene rings is 1. The van der Waals surface area contributed by atoms with Gasteiger partial charge in [0.05, 0.1) is 7.11 Å². The van der Waals surface area contributed by atoms with E-state index in [-0.39, 0.29) is 0 Å². The van der Waals surface area contributed by atoms with Crippen molar-refractivity contribution in [2.24, 2.45) is 0 Å². The first-order chi connectivity index (χ1) is 10.4. The molecule has 0 atom stereocenters. The Morgan fingerprint density at radius 2 is 2.05 bits per heavy atom. The van der Waals surface area contributed by atoms with Crippen LogP contribution in [-0.4, -0.2) is 16.7 Å². The van der Waals surface area contributed by atoms with E-state index in [0.29, 0.717) is 0 Å². The molecule has 0 unspecified atom stereocenters. The summed E-state index contributed by atoms with van der Waals surface area (Å²) in [6.07, 6.45) is 7.39. The maximum absolute atomic E-state index is 5.26. The lowest BCUT2D eigenvalue weighted by atomic mass is 10.2. The van der Waals surface area contributed by atoms with E-state index < -0.39 is 0 Å². The molecule has 3 nitrogen and oxygen atoms in total. The summed E-state index contributed by atoms with van der Waals surface area (Å²) >= 11 is 0. The van der Waals surface area contributed by atoms with E-state index in [2.05, 4.69) is 46.1 Å². The van der Waals surface area contributed by atoms with Crippen molar-refractivity contribution in [3.63, 3.8) is 0 Å². The summed E-state index contributed by atoms with van der Waals surface area (Å²) in [5.74, 6) is 0.912. The van der Waals surface area contributed by atoms with Crippen molar-refractivity contribution in [3.8, 4) is 5.75 Å². The summed E-state index contributed by atoms with van der Waals surface area (Å²) in [6.45, 7) is 1.04. The van der Waals surface area contributed by atoms with Crippen molar-refractivity contribution in [1.82, 2.24) is 9.55 Å². The Hall–Kier alpha value is -2.29. The molecule has 0 radical (unpaired) electrons. The molecule has 0 spiro atoms. The number of hydrogen-bond acceptors (Lipinski definition) is 2. The van der Waals surface area contributed by atoms with Crippen molar-refractivity contribution in [3.05, 3.63) is 60.6 Å². The number of methoxy groups -OCH3 is 1. The van der Waals surface area contributed by atoms with Crippen molar-refractivity contribution in [1.29, 1.82) is 0 Å². The number of pyridine rings is 1. The van der Waals surface area contributed by atoms with Crippen LogP contribution in [0.5, 0.6) is 5.75 Å². The first kappa shape index (κ1) is 13.7. The number of ether oxygens (including phenoxy) is 1. The molecular weight excluding hydrogens is 260 g/mol. The Kier molecular flexibility index (Phi) is 4.20. The van der Waals surface area contributed by atoms with Crippen LogP contribution in [-0.2, 0) is 13.0 Å². The molecule has 0 fully saturated rings. The maximum atomic E-state index is 5.26. The highest BCUT2D eigenvalue weighted by Gasteiger charge is 2.02. The van der Waals surface area contributed by atoms with Crippen molar-refractivity contribution in [2.45, 2.75) is 25.8 Å². The first-order valence-electron chi connectivity index (χ1n) is 7.39. The van der Waals surface area contributed by atoms with Gasteiger partial charge in [-0.2, -0.15) is 0 Å². The molecule has 3 heteroatoms. The average Bonchev–Trinajstić information content (AvgIpc) is 2.95. The molecule has 108 valence electrons. The highest BCUT2D eigenvalue weighted by atomic mass is 16.5. The van der Waals surface area contributed by atoms with Crippen molar-refractivity contribution in [2.75, 3.05) is 7.11 Å². The summed E-state index contributed by atoms with van der Waals surface area (Å²) in [4.78, 5) is 4.36. The fourth-order valence-corrected chi connectivity index (χ4v) is 2.63. The zero-order valence-electron chi connectivity index (χ0n) is 12.3. The largest absolute Gasteiger partial charge is 0.497 e. The minimum Gasteiger partial charge on any atom is -0.497 e. The fraction of sp³-hybridized carbons (Fsp3) is 0.278. The molecule has 21 heavy (non-hydrogen) atoms. The lowest BCUT2D eigenvalue weighted by Crippen LogP contribution is -1.97. The summed E-state index contributed by atoms with van der Waals surface area (Å²) in [5, 5.41) is 1.24. The molecule has 2 aromatic heterocycles. The molecule has 3 aromatic rings. The molecular formula is C18H20N2O. The predicted octanol–water partition coefficient (Wildman–Crippen LogP) is 4.07. The zero-order valence-corrected chi connectivity index (χ0v) is 12.3. The van der Waals surface area contributed by atoms with Crippen LogP contribution in [0.15, 0.2) is 54.9 Å². The van der Waals surface area contributed by atoms with Crippen LogP contribution in [0.1, 0.15) is 18.5 Å². The van der Waals surface area contributed by atoms with Gasteiger partial charge in [-0.15, -0.1) is 0 Å². The standard InChI is InChI=1S/C18H20N2O/c1-21-17-8-9-18-15(14-17)10-13-20(18)12-5-3-7-16-6-2-4-11-19-16/h2,4,6,8-11,13-14H,3,5,7,12H2,1H3. The first-order valence-corrected chi connectivity index (χ1v) is 7.39. The van der Waals surface area contributed by atoms with E-state index in [9.17, 15) is 0 Å². The third-order valence-electron chi connectivity index (χ3n) is 3.79. The zero-order chi connectivity index (χ0) is 14.5. The normalized spacial score (nSPS) is 10.9. The summed E-state index contributed by atoms with van der Waals surface area (Å²) in [6, 6.07) is 14.5. The van der Waals surface area contributed by atoms with Crippen LogP contribution in [0.4, 0.5) is 0 Å². The summed E-state index contributed by atoms with van der Waals surface area (Å²) in [7, 11) is 1.70. The van der Waals surface area contributed by atoms with Gasteiger partial charge in [-0.25, -0.2) is 0 Å². The number of rotatable bonds is 6. The van der Waals surface area contributed by atoms with Gasteiger partial charge in [-0.3, -0.25) is 4.98 Å². The number of aromatic nitrogens is 2. The average molecular weight is 280 g/mol. The number of fused-ring (bicyclic) bond motifs is 1. The third kappa shape index (κ3) is 3.24. The van der Waals surface area contributed by atoms with Crippen LogP contribution in [0.25, 0.3) is 10.9 Å². The van der Waals surface area contributed by atoms with Gasteiger partial charge in [-0.05, 0) is 55.7 Å². The lowest BCUT2D eigenvalue weighted by Gasteiger charge is -2.06. The molecule has 0 saturated heterocycles. The van der Waals surface area contributed by atoms with Gasteiger partial charge in [-0.1, -0.05) is 6.07 Å². The summed E-state index contributed by atoms with van der Waals surface area (Å²) < 4.78 is 7.58. The smallest absolute Gasteiger partial charge is 0.119 e. The molecule has 1 aromatic carbocycles. The van der Waals surface area contributed by atoms with Gasteiger partial charge >= 0.3 is 0 Å². The second-order valence-corrected chi connectivity index (χ2v) is 5.21. The minimum atomic E-state index is 0.912. The van der Waals surface area contributed by atoms with Crippen LogP contribution in [0, 0.1) is 0 Å². The number of hydrogen-bond donors (Lipinski definition) is 0. The minimum absolute atomic E-state index is 0.912. The predicted molar refractivity (Wildman–Crippen MR) is 85.7 cm³/mol. The molecule has 0 N–H and O–H groups in total. The van der Waals surface area contributed by atoms with E-state index in [1.807, 2.05) is 18.3 Å². The lowest BCUT2D eigenvalue weighted by molar-refractivity contribution is 0.415. The van der Waals surface area contributed by atoms with Gasteiger partial charge in [0.1, 0.15) is 5.75 Å². The molecule has 0 aliphatic rings. The Morgan fingerprint density at radius 3 is 2.86 bits per heavy atom. The van der Waals surface area contributed by atoms with E-state index in [4.69, 9.17) is 4.74 Å². The van der Waals surface area contributed by atoms with Gasteiger partial charge in [0, 0.05) is 35.5 Å². The highest BCUT2D eigenvalue weighted by Crippen LogP contribution is 2.22. The Morgan fingerprint density at radius 1 is 1.10 bits per heavy atom. The monoisotopic (exact) mass is 280 g/mol. The van der Waals surface area contributed by atoms with E-state index in [1.54, 1.807) is 7.11 Å². The number of aryl methyl sites for hydroxylation is 2. The number of unbranched alkanes of at least 4 members (excludes halogenated alkanes) is 1. The number of nitrogens with zero attached hydrogens (tertiary/aromatic N) is 2. The van der Waals surface area contributed by atoms with E-state index >= 15 is 0 Å². The molecule has 0 aliphatic heterocycles. The fourth-order valence-electron chi connectivity index (χ4n) is 2.63. The van der Waals surface area contributed by atoms with E-state index in [0.717, 1.165) is 31.6 Å².